The molecule has 0 fully saturated rings. The summed E-state index contributed by atoms with van der Waals surface area (Å²) in [5.74, 6) is 0.735. The first-order chi connectivity index (χ1) is 14.3. The summed E-state index contributed by atoms with van der Waals surface area (Å²) < 4.78 is 33.4. The van der Waals surface area contributed by atoms with Crippen molar-refractivity contribution in [2.24, 2.45) is 0 Å². The molecule has 0 aliphatic carbocycles. The van der Waals surface area contributed by atoms with Crippen LogP contribution < -0.4 is 9.46 Å². The number of hydrogen-bond donors (Lipinski definition) is 1. The molecule has 160 valence electrons. The number of nitrogens with zero attached hydrogens (tertiary/aromatic N) is 1. The molecular formula is C23H28N2O3S2. The molecule has 1 atom stereocenters. The molecule has 0 saturated heterocycles. The topological polar surface area (TPSA) is 58.6 Å². The van der Waals surface area contributed by atoms with Crippen LogP contribution in [0.2, 0.25) is 0 Å². The number of hydrogen-bond acceptors (Lipinski definition) is 5. The van der Waals surface area contributed by atoms with E-state index in [9.17, 15) is 8.42 Å². The fourth-order valence-electron chi connectivity index (χ4n) is 3.08. The van der Waals surface area contributed by atoms with Crippen molar-refractivity contribution in [3.63, 3.8) is 0 Å². The standard InChI is InChI=1S/C23H28N2O3S2/c1-18-7-9-23(10-8-18)30(26,27)24-14-19(2)28-22-6-4-5-20(13-22)15-25(3)16-21-11-12-29-17-21/h4-13,17,19,24H,14-16H2,1-3H3. The average molecular weight is 445 g/mol. The lowest BCUT2D eigenvalue weighted by Crippen LogP contribution is -2.33. The minimum atomic E-state index is -3.55. The lowest BCUT2D eigenvalue weighted by atomic mass is 10.2. The number of rotatable bonds is 10. The van der Waals surface area contributed by atoms with Gasteiger partial charge in [0.15, 0.2) is 0 Å². The molecule has 0 spiro atoms. The van der Waals surface area contributed by atoms with E-state index in [-0.39, 0.29) is 17.5 Å². The predicted octanol–water partition coefficient (Wildman–Crippen LogP) is 4.43. The second kappa shape index (κ2) is 10.2. The fraction of sp³-hybridized carbons (Fsp3) is 0.304. The molecule has 1 N–H and O–H groups in total. The molecule has 0 radical (unpaired) electrons. The Bertz CT molecular complexity index is 1030. The summed E-state index contributed by atoms with van der Waals surface area (Å²) in [4.78, 5) is 2.51. The van der Waals surface area contributed by atoms with Crippen LogP contribution in [-0.4, -0.2) is 33.0 Å². The molecule has 1 heterocycles. The van der Waals surface area contributed by atoms with Gasteiger partial charge in [0.05, 0.1) is 4.90 Å². The highest BCUT2D eigenvalue weighted by Gasteiger charge is 2.15. The van der Waals surface area contributed by atoms with E-state index in [1.807, 2.05) is 32.0 Å². The van der Waals surface area contributed by atoms with E-state index < -0.39 is 10.0 Å². The third kappa shape index (κ3) is 6.67. The van der Waals surface area contributed by atoms with Gasteiger partial charge in [-0.2, -0.15) is 11.3 Å². The first kappa shape index (κ1) is 22.5. The molecule has 30 heavy (non-hydrogen) atoms. The molecule has 1 unspecified atom stereocenters. The number of sulfonamides is 1. The van der Waals surface area contributed by atoms with E-state index in [0.29, 0.717) is 0 Å². The van der Waals surface area contributed by atoms with Crippen molar-refractivity contribution in [2.45, 2.75) is 37.9 Å². The van der Waals surface area contributed by atoms with Crippen LogP contribution >= 0.6 is 11.3 Å². The summed E-state index contributed by atoms with van der Waals surface area (Å²) >= 11 is 1.71. The Hall–Kier alpha value is -2.19. The summed E-state index contributed by atoms with van der Waals surface area (Å²) in [6.07, 6.45) is -0.302. The molecule has 2 aromatic carbocycles. The zero-order chi connectivity index (χ0) is 21.6. The number of thiophene rings is 1. The van der Waals surface area contributed by atoms with Crippen LogP contribution in [-0.2, 0) is 23.1 Å². The average Bonchev–Trinajstić information content (AvgIpc) is 3.20. The number of nitrogens with one attached hydrogen (secondary N) is 1. The normalized spacial score (nSPS) is 12.8. The maximum absolute atomic E-state index is 12.4. The molecule has 0 aliphatic heterocycles. The lowest BCUT2D eigenvalue weighted by Gasteiger charge is -2.18. The van der Waals surface area contributed by atoms with Crippen LogP contribution in [0.4, 0.5) is 0 Å². The van der Waals surface area contributed by atoms with Gasteiger partial charge in [-0.15, -0.1) is 0 Å². The van der Waals surface area contributed by atoms with Gasteiger partial charge < -0.3 is 4.74 Å². The minimum Gasteiger partial charge on any atom is -0.489 e. The highest BCUT2D eigenvalue weighted by atomic mass is 32.2. The summed E-state index contributed by atoms with van der Waals surface area (Å²) in [6, 6.07) is 16.9. The van der Waals surface area contributed by atoms with Gasteiger partial charge in [-0.3, -0.25) is 4.90 Å². The highest BCUT2D eigenvalue weighted by molar-refractivity contribution is 7.89. The summed E-state index contributed by atoms with van der Waals surface area (Å²) in [7, 11) is -1.46. The van der Waals surface area contributed by atoms with Crippen molar-refractivity contribution in [3.05, 3.63) is 82.0 Å². The van der Waals surface area contributed by atoms with Crippen LogP contribution in [0.25, 0.3) is 0 Å². The molecule has 3 rings (SSSR count). The van der Waals surface area contributed by atoms with Gasteiger partial charge in [0, 0.05) is 19.6 Å². The van der Waals surface area contributed by atoms with E-state index in [1.165, 1.54) is 5.56 Å². The van der Waals surface area contributed by atoms with E-state index in [2.05, 4.69) is 39.6 Å². The van der Waals surface area contributed by atoms with Gasteiger partial charge in [-0.1, -0.05) is 29.8 Å². The Labute approximate surface area is 183 Å². The third-order valence-electron chi connectivity index (χ3n) is 4.61. The van der Waals surface area contributed by atoms with Gasteiger partial charge in [-0.25, -0.2) is 13.1 Å². The van der Waals surface area contributed by atoms with Crippen molar-refractivity contribution in [2.75, 3.05) is 13.6 Å². The van der Waals surface area contributed by atoms with Gasteiger partial charge in [0.2, 0.25) is 10.0 Å². The van der Waals surface area contributed by atoms with Crippen molar-refractivity contribution in [1.82, 2.24) is 9.62 Å². The first-order valence-corrected chi connectivity index (χ1v) is 12.3. The molecule has 0 aliphatic rings. The quantitative estimate of drug-likeness (QED) is 0.502. The van der Waals surface area contributed by atoms with Crippen LogP contribution in [0.15, 0.2) is 70.3 Å². The Morgan fingerprint density at radius 1 is 1.07 bits per heavy atom. The summed E-state index contributed by atoms with van der Waals surface area (Å²) in [5, 5.41) is 4.25. The summed E-state index contributed by atoms with van der Waals surface area (Å²) in [5.41, 5.74) is 3.48. The zero-order valence-corrected chi connectivity index (χ0v) is 19.2. The molecule has 0 saturated carbocycles. The number of benzene rings is 2. The van der Waals surface area contributed by atoms with Crippen molar-refractivity contribution >= 4 is 21.4 Å². The Balaban J connectivity index is 1.53. The molecule has 1 aromatic heterocycles. The van der Waals surface area contributed by atoms with Crippen molar-refractivity contribution < 1.29 is 13.2 Å². The van der Waals surface area contributed by atoms with E-state index >= 15 is 0 Å². The predicted molar refractivity (Wildman–Crippen MR) is 122 cm³/mol. The largest absolute Gasteiger partial charge is 0.489 e. The summed E-state index contributed by atoms with van der Waals surface area (Å²) in [6.45, 7) is 5.67. The maximum Gasteiger partial charge on any atom is 0.240 e. The SMILES string of the molecule is Cc1ccc(S(=O)(=O)NCC(C)Oc2cccc(CN(C)Cc3ccsc3)c2)cc1. The van der Waals surface area contributed by atoms with Crippen LogP contribution in [0, 0.1) is 6.92 Å². The molecule has 5 nitrogen and oxygen atoms in total. The van der Waals surface area contributed by atoms with Gasteiger partial charge in [-0.05, 0) is 73.1 Å². The van der Waals surface area contributed by atoms with Crippen LogP contribution in [0.1, 0.15) is 23.6 Å². The van der Waals surface area contributed by atoms with Crippen LogP contribution in [0.5, 0.6) is 5.75 Å². The second-order valence-electron chi connectivity index (χ2n) is 7.54. The Morgan fingerprint density at radius 2 is 1.80 bits per heavy atom. The molecule has 0 amide bonds. The molecule has 7 heteroatoms. The van der Waals surface area contributed by atoms with E-state index in [1.54, 1.807) is 35.6 Å². The second-order valence-corrected chi connectivity index (χ2v) is 10.1. The van der Waals surface area contributed by atoms with E-state index in [4.69, 9.17) is 4.74 Å². The number of aryl methyl sites for hydroxylation is 1. The zero-order valence-electron chi connectivity index (χ0n) is 17.5. The first-order valence-electron chi connectivity index (χ1n) is 9.83. The Morgan fingerprint density at radius 3 is 2.50 bits per heavy atom. The smallest absolute Gasteiger partial charge is 0.240 e. The van der Waals surface area contributed by atoms with Crippen molar-refractivity contribution in [3.8, 4) is 5.75 Å². The monoisotopic (exact) mass is 444 g/mol. The maximum atomic E-state index is 12.4. The van der Waals surface area contributed by atoms with Gasteiger partial charge >= 0.3 is 0 Å². The van der Waals surface area contributed by atoms with Crippen LogP contribution in [0.3, 0.4) is 0 Å². The van der Waals surface area contributed by atoms with E-state index in [0.717, 1.165) is 30.0 Å². The molecule has 0 bridgehead atoms. The fourth-order valence-corrected chi connectivity index (χ4v) is 4.86. The highest BCUT2D eigenvalue weighted by Crippen LogP contribution is 2.18. The lowest BCUT2D eigenvalue weighted by molar-refractivity contribution is 0.224. The molecular weight excluding hydrogens is 416 g/mol. The van der Waals surface area contributed by atoms with Gasteiger partial charge in [0.25, 0.3) is 0 Å². The minimum absolute atomic E-state index is 0.193. The van der Waals surface area contributed by atoms with Crippen molar-refractivity contribution in [1.29, 1.82) is 0 Å². The third-order valence-corrected chi connectivity index (χ3v) is 6.78. The number of ether oxygens (including phenoxy) is 1. The Kier molecular flexibility index (Phi) is 7.66. The van der Waals surface area contributed by atoms with Gasteiger partial charge in [0.1, 0.15) is 11.9 Å². The molecule has 3 aromatic rings.